The Morgan fingerprint density at radius 3 is 2.85 bits per heavy atom. The molecule has 164 valence electrons. The summed E-state index contributed by atoms with van der Waals surface area (Å²) in [7, 11) is 1.54. The molecule has 0 saturated heterocycles. The van der Waals surface area contributed by atoms with Gasteiger partial charge >= 0.3 is 0 Å². The first-order valence-electron chi connectivity index (χ1n) is 10.1. The molecule has 0 unspecified atom stereocenters. The van der Waals surface area contributed by atoms with E-state index in [4.69, 9.17) is 16.3 Å². The molecule has 0 bridgehead atoms. The molecule has 4 aromatic rings. The van der Waals surface area contributed by atoms with E-state index in [9.17, 15) is 4.79 Å². The van der Waals surface area contributed by atoms with Crippen LogP contribution in [-0.4, -0.2) is 38.4 Å². The van der Waals surface area contributed by atoms with Crippen molar-refractivity contribution in [3.05, 3.63) is 58.6 Å². The summed E-state index contributed by atoms with van der Waals surface area (Å²) in [4.78, 5) is 17.3. The van der Waals surface area contributed by atoms with Crippen LogP contribution in [0, 0.1) is 17.8 Å². The molecule has 10 heteroatoms. The molecule has 1 aromatic carbocycles. The summed E-state index contributed by atoms with van der Waals surface area (Å²) in [6, 6.07) is 7.16. The second-order valence-electron chi connectivity index (χ2n) is 7.36. The minimum absolute atomic E-state index is 0.286. The number of aromatic nitrogens is 5. The van der Waals surface area contributed by atoms with E-state index < -0.39 is 0 Å². The number of amides is 1. The number of pyridine rings is 1. The molecule has 2 N–H and O–H groups in total. The minimum atomic E-state index is -0.336. The lowest BCUT2D eigenvalue weighted by Gasteiger charge is -2.14. The Kier molecular flexibility index (Phi) is 5.77. The SMILES string of the molecule is COc1cnc(Cl)cc1-c1cc(-c2cn[nH]c2)ccc1C(=O)Nc1nnc(C#CC2CC2)s1. The van der Waals surface area contributed by atoms with Gasteiger partial charge in [-0.1, -0.05) is 34.9 Å². The maximum absolute atomic E-state index is 13.3. The number of anilines is 1. The first kappa shape index (κ1) is 21.1. The highest BCUT2D eigenvalue weighted by atomic mass is 35.5. The number of halogens is 1. The molecular weight excluding hydrogens is 460 g/mol. The van der Waals surface area contributed by atoms with Gasteiger partial charge in [0.2, 0.25) is 5.13 Å². The van der Waals surface area contributed by atoms with Gasteiger partial charge in [-0.15, -0.1) is 10.2 Å². The first-order chi connectivity index (χ1) is 16.1. The van der Waals surface area contributed by atoms with Crippen LogP contribution in [0.3, 0.4) is 0 Å². The zero-order valence-electron chi connectivity index (χ0n) is 17.4. The lowest BCUT2D eigenvalue weighted by atomic mass is 9.95. The van der Waals surface area contributed by atoms with E-state index in [0.29, 0.717) is 38.5 Å². The Labute approximate surface area is 198 Å². The van der Waals surface area contributed by atoms with E-state index in [1.54, 1.807) is 31.6 Å². The van der Waals surface area contributed by atoms with Gasteiger partial charge in [0.25, 0.3) is 5.91 Å². The lowest BCUT2D eigenvalue weighted by Crippen LogP contribution is -2.13. The van der Waals surface area contributed by atoms with Gasteiger partial charge in [-0.25, -0.2) is 4.98 Å². The zero-order valence-corrected chi connectivity index (χ0v) is 19.0. The van der Waals surface area contributed by atoms with Crippen molar-refractivity contribution in [1.29, 1.82) is 0 Å². The summed E-state index contributed by atoms with van der Waals surface area (Å²) >= 11 is 7.41. The van der Waals surface area contributed by atoms with Crippen molar-refractivity contribution in [2.75, 3.05) is 12.4 Å². The number of benzene rings is 1. The Morgan fingerprint density at radius 1 is 1.21 bits per heavy atom. The lowest BCUT2D eigenvalue weighted by molar-refractivity contribution is 0.102. The average Bonchev–Trinajstić information content (AvgIpc) is 3.29. The summed E-state index contributed by atoms with van der Waals surface area (Å²) in [6.07, 6.45) is 7.28. The standard InChI is InChI=1S/C23H17ClN6O2S/c1-32-19-12-25-20(24)9-18(19)17-8-14(15-10-26-27-11-15)5-6-16(17)22(31)28-23-30-29-21(33-23)7-4-13-2-3-13/h5-6,8-13H,2-3H2,1H3,(H,26,27)(H,28,30,31). The molecule has 8 nitrogen and oxygen atoms in total. The maximum atomic E-state index is 13.3. The van der Waals surface area contributed by atoms with Gasteiger partial charge < -0.3 is 4.74 Å². The van der Waals surface area contributed by atoms with Crippen molar-refractivity contribution < 1.29 is 9.53 Å². The fourth-order valence-corrected chi connectivity index (χ4v) is 3.98. The number of rotatable bonds is 5. The number of hydrogen-bond donors (Lipinski definition) is 2. The van der Waals surface area contributed by atoms with Gasteiger partial charge in [0.15, 0.2) is 5.01 Å². The van der Waals surface area contributed by atoms with E-state index in [0.717, 1.165) is 24.0 Å². The average molecular weight is 477 g/mol. The summed E-state index contributed by atoms with van der Waals surface area (Å²) in [5, 5.41) is 19.0. The third-order valence-electron chi connectivity index (χ3n) is 5.05. The molecule has 3 aromatic heterocycles. The number of nitrogens with zero attached hydrogens (tertiary/aromatic N) is 4. The van der Waals surface area contributed by atoms with Gasteiger partial charge in [-0.3, -0.25) is 15.2 Å². The predicted molar refractivity (Wildman–Crippen MR) is 126 cm³/mol. The summed E-state index contributed by atoms with van der Waals surface area (Å²) < 4.78 is 5.49. The molecule has 0 radical (unpaired) electrons. The Balaban J connectivity index is 1.52. The highest BCUT2D eigenvalue weighted by molar-refractivity contribution is 7.15. The molecular formula is C23H17ClN6O2S. The normalized spacial score (nSPS) is 12.7. The van der Waals surface area contributed by atoms with E-state index >= 15 is 0 Å². The fraction of sp³-hybridized carbons (Fsp3) is 0.174. The van der Waals surface area contributed by atoms with Crippen LogP contribution in [0.1, 0.15) is 28.2 Å². The predicted octanol–water partition coefficient (Wildman–Crippen LogP) is 4.67. The fourth-order valence-electron chi connectivity index (χ4n) is 3.22. The van der Waals surface area contributed by atoms with Crippen molar-refractivity contribution in [3.63, 3.8) is 0 Å². The van der Waals surface area contributed by atoms with Crippen molar-refractivity contribution in [1.82, 2.24) is 25.4 Å². The molecule has 1 amide bonds. The molecule has 5 rings (SSSR count). The van der Waals surface area contributed by atoms with Gasteiger partial charge in [-0.2, -0.15) is 5.10 Å². The monoisotopic (exact) mass is 476 g/mol. The van der Waals surface area contributed by atoms with Crippen molar-refractivity contribution in [2.24, 2.45) is 5.92 Å². The summed E-state index contributed by atoms with van der Waals surface area (Å²) in [5.41, 5.74) is 3.44. The van der Waals surface area contributed by atoms with Crippen molar-refractivity contribution in [3.8, 4) is 39.8 Å². The Bertz CT molecular complexity index is 1390. The quantitative estimate of drug-likeness (QED) is 0.320. The Hall–Kier alpha value is -3.74. The second-order valence-corrected chi connectivity index (χ2v) is 8.73. The van der Waals surface area contributed by atoms with E-state index in [1.165, 1.54) is 17.5 Å². The molecule has 0 atom stereocenters. The number of hydrogen-bond acceptors (Lipinski definition) is 7. The number of aromatic amines is 1. The number of methoxy groups -OCH3 is 1. The number of nitrogens with one attached hydrogen (secondary N) is 2. The molecule has 33 heavy (non-hydrogen) atoms. The van der Waals surface area contributed by atoms with Crippen LogP contribution >= 0.6 is 22.9 Å². The van der Waals surface area contributed by atoms with Gasteiger partial charge in [0.05, 0.1) is 19.5 Å². The van der Waals surface area contributed by atoms with Crippen LogP contribution < -0.4 is 10.1 Å². The first-order valence-corrected chi connectivity index (χ1v) is 11.3. The van der Waals surface area contributed by atoms with E-state index in [1.807, 2.05) is 12.1 Å². The number of ether oxygens (including phenoxy) is 1. The minimum Gasteiger partial charge on any atom is -0.494 e. The topological polar surface area (TPSA) is 106 Å². The highest BCUT2D eigenvalue weighted by Crippen LogP contribution is 2.36. The van der Waals surface area contributed by atoms with Gasteiger partial charge in [-0.05, 0) is 48.1 Å². The summed E-state index contributed by atoms with van der Waals surface area (Å²) in [6.45, 7) is 0. The molecule has 1 aliphatic rings. The molecule has 1 saturated carbocycles. The van der Waals surface area contributed by atoms with Crippen LogP contribution in [-0.2, 0) is 0 Å². The van der Waals surface area contributed by atoms with Crippen molar-refractivity contribution in [2.45, 2.75) is 12.8 Å². The summed E-state index contributed by atoms with van der Waals surface area (Å²) in [5.74, 6) is 6.78. The van der Waals surface area contributed by atoms with Crippen LogP contribution in [0.25, 0.3) is 22.3 Å². The van der Waals surface area contributed by atoms with Crippen LogP contribution in [0.15, 0.2) is 42.9 Å². The number of carbonyl (C=O) groups is 1. The maximum Gasteiger partial charge on any atom is 0.258 e. The molecule has 1 fully saturated rings. The highest BCUT2D eigenvalue weighted by Gasteiger charge is 2.20. The molecule has 1 aliphatic carbocycles. The second kappa shape index (κ2) is 9.02. The molecule has 0 spiro atoms. The Morgan fingerprint density at radius 2 is 2.09 bits per heavy atom. The third kappa shape index (κ3) is 4.72. The van der Waals surface area contributed by atoms with Crippen LogP contribution in [0.4, 0.5) is 5.13 Å². The molecule has 3 heterocycles. The van der Waals surface area contributed by atoms with Crippen LogP contribution in [0.5, 0.6) is 5.75 Å². The van der Waals surface area contributed by atoms with E-state index in [2.05, 4.69) is 42.5 Å². The third-order valence-corrected chi connectivity index (χ3v) is 6.01. The zero-order chi connectivity index (χ0) is 22.8. The molecule has 0 aliphatic heterocycles. The van der Waals surface area contributed by atoms with Crippen LogP contribution in [0.2, 0.25) is 5.15 Å². The smallest absolute Gasteiger partial charge is 0.258 e. The van der Waals surface area contributed by atoms with Crippen molar-refractivity contribution >= 4 is 34.0 Å². The largest absolute Gasteiger partial charge is 0.494 e. The van der Waals surface area contributed by atoms with Gasteiger partial charge in [0.1, 0.15) is 10.9 Å². The van der Waals surface area contributed by atoms with E-state index in [-0.39, 0.29) is 11.1 Å². The number of H-pyrrole nitrogens is 1. The van der Waals surface area contributed by atoms with Gasteiger partial charge in [0, 0.05) is 28.8 Å². The number of carbonyl (C=O) groups excluding carboxylic acids is 1.